The van der Waals surface area contributed by atoms with Crippen LogP contribution >= 0.6 is 0 Å². The second-order valence-corrected chi connectivity index (χ2v) is 8.59. The highest BCUT2D eigenvalue weighted by Gasteiger charge is 2.47. The maximum Gasteiger partial charge on any atom is 0.327 e. The third kappa shape index (κ3) is 3.63. The van der Waals surface area contributed by atoms with E-state index in [0.29, 0.717) is 18.0 Å². The van der Waals surface area contributed by atoms with Gasteiger partial charge in [-0.1, -0.05) is 29.8 Å². The Morgan fingerprint density at radius 1 is 1.03 bits per heavy atom. The molecule has 2 atom stereocenters. The maximum atomic E-state index is 13.6. The summed E-state index contributed by atoms with van der Waals surface area (Å²) in [5.41, 5.74) is 4.27. The number of hydrogen-bond donors (Lipinski definition) is 1. The van der Waals surface area contributed by atoms with Crippen LogP contribution in [0.1, 0.15) is 35.1 Å². The van der Waals surface area contributed by atoms with Crippen molar-refractivity contribution >= 4 is 11.9 Å². The summed E-state index contributed by atoms with van der Waals surface area (Å²) in [7, 11) is 0. The molecule has 162 valence electrons. The highest BCUT2D eigenvalue weighted by Crippen LogP contribution is 2.34. The fourth-order valence-electron chi connectivity index (χ4n) is 4.72. The first-order chi connectivity index (χ1) is 15.0. The molecule has 3 aliphatic rings. The number of carbonyl (C=O) groups is 2. The zero-order valence-corrected chi connectivity index (χ0v) is 17.9. The normalized spacial score (nSPS) is 22.6. The number of nitrogens with one attached hydrogen (secondary N) is 1. The second-order valence-electron chi connectivity index (χ2n) is 8.59. The number of rotatable bonds is 4. The summed E-state index contributed by atoms with van der Waals surface area (Å²) in [6, 6.07) is 11.1. The minimum atomic E-state index is -0.370. The van der Waals surface area contributed by atoms with Gasteiger partial charge in [0.2, 0.25) is 12.7 Å². The lowest BCUT2D eigenvalue weighted by atomic mass is 9.92. The molecule has 2 fully saturated rings. The van der Waals surface area contributed by atoms with Crippen LogP contribution in [0.25, 0.3) is 0 Å². The highest BCUT2D eigenvalue weighted by atomic mass is 16.7. The number of amides is 3. The van der Waals surface area contributed by atoms with Gasteiger partial charge >= 0.3 is 6.03 Å². The van der Waals surface area contributed by atoms with Gasteiger partial charge in [-0.3, -0.25) is 9.69 Å². The first kappa shape index (κ1) is 19.9. The smallest absolute Gasteiger partial charge is 0.327 e. The third-order valence-corrected chi connectivity index (χ3v) is 6.46. The fraction of sp³-hybridized carbons (Fsp3) is 0.417. The summed E-state index contributed by atoms with van der Waals surface area (Å²) >= 11 is 0. The van der Waals surface area contributed by atoms with Gasteiger partial charge in [0, 0.05) is 6.54 Å². The number of aryl methyl sites for hydroxylation is 2. The summed E-state index contributed by atoms with van der Waals surface area (Å²) in [6.07, 6.45) is 1.78. The van der Waals surface area contributed by atoms with Gasteiger partial charge < -0.3 is 19.7 Å². The van der Waals surface area contributed by atoms with Gasteiger partial charge in [0.1, 0.15) is 6.04 Å². The lowest BCUT2D eigenvalue weighted by Gasteiger charge is -2.47. The average molecular weight is 421 g/mol. The van der Waals surface area contributed by atoms with Crippen molar-refractivity contribution in [3.05, 3.63) is 58.7 Å². The Bertz CT molecular complexity index is 1040. The zero-order valence-electron chi connectivity index (χ0n) is 17.9. The van der Waals surface area contributed by atoms with Gasteiger partial charge in [0.25, 0.3) is 0 Å². The predicted molar refractivity (Wildman–Crippen MR) is 115 cm³/mol. The highest BCUT2D eigenvalue weighted by molar-refractivity contribution is 6.00. The molecule has 2 aromatic rings. The number of nitrogens with zero attached hydrogens (tertiary/aromatic N) is 2. The minimum Gasteiger partial charge on any atom is -0.454 e. The van der Waals surface area contributed by atoms with E-state index in [9.17, 15) is 9.59 Å². The molecule has 0 aromatic heterocycles. The number of fused-ring (bicyclic) bond motifs is 2. The largest absolute Gasteiger partial charge is 0.454 e. The molecule has 0 bridgehead atoms. The van der Waals surface area contributed by atoms with Gasteiger partial charge in [0.05, 0.1) is 12.6 Å². The van der Waals surface area contributed by atoms with Crippen molar-refractivity contribution in [2.75, 3.05) is 13.3 Å². The fourth-order valence-corrected chi connectivity index (χ4v) is 4.72. The van der Waals surface area contributed by atoms with Crippen LogP contribution in [-0.4, -0.2) is 47.2 Å². The first-order valence-electron chi connectivity index (χ1n) is 10.8. The molecule has 7 heteroatoms. The lowest BCUT2D eigenvalue weighted by molar-refractivity contribution is -0.137. The molecular weight excluding hydrogens is 394 g/mol. The van der Waals surface area contributed by atoms with Crippen molar-refractivity contribution in [3.8, 4) is 11.5 Å². The molecule has 2 unspecified atom stereocenters. The Hall–Kier alpha value is -3.06. The Balaban J connectivity index is 1.45. The third-order valence-electron chi connectivity index (χ3n) is 6.46. The van der Waals surface area contributed by atoms with Gasteiger partial charge in [-0.05, 0) is 62.1 Å². The van der Waals surface area contributed by atoms with E-state index in [0.717, 1.165) is 41.6 Å². The molecule has 31 heavy (non-hydrogen) atoms. The number of carbonyl (C=O) groups excluding carboxylic acids is 2. The number of benzene rings is 2. The Morgan fingerprint density at radius 3 is 2.74 bits per heavy atom. The summed E-state index contributed by atoms with van der Waals surface area (Å²) in [4.78, 5) is 30.1. The van der Waals surface area contributed by atoms with Gasteiger partial charge in [-0.25, -0.2) is 4.79 Å². The summed E-state index contributed by atoms with van der Waals surface area (Å²) < 4.78 is 10.8. The topological polar surface area (TPSA) is 71.1 Å². The molecule has 5 rings (SSSR count). The molecule has 3 aliphatic heterocycles. The lowest BCUT2D eigenvalue weighted by Crippen LogP contribution is -2.68. The van der Waals surface area contributed by atoms with Gasteiger partial charge in [-0.2, -0.15) is 0 Å². The van der Waals surface area contributed by atoms with Crippen LogP contribution in [0.5, 0.6) is 11.5 Å². The first-order valence-corrected chi connectivity index (χ1v) is 10.8. The van der Waals surface area contributed by atoms with E-state index in [-0.39, 0.29) is 37.4 Å². The van der Waals surface area contributed by atoms with E-state index in [4.69, 9.17) is 9.47 Å². The number of urea groups is 1. The molecule has 1 N–H and O–H groups in total. The van der Waals surface area contributed by atoms with Crippen LogP contribution in [0.3, 0.4) is 0 Å². The van der Waals surface area contributed by atoms with E-state index in [1.54, 1.807) is 0 Å². The van der Waals surface area contributed by atoms with Gasteiger partial charge in [-0.15, -0.1) is 0 Å². The molecule has 0 saturated carbocycles. The van der Waals surface area contributed by atoms with Crippen molar-refractivity contribution in [2.24, 2.45) is 0 Å². The second kappa shape index (κ2) is 7.89. The predicted octanol–water partition coefficient (Wildman–Crippen LogP) is 3.12. The van der Waals surface area contributed by atoms with Crippen LogP contribution in [0.15, 0.2) is 36.4 Å². The Labute approximate surface area is 181 Å². The number of piperidine rings is 1. The summed E-state index contributed by atoms with van der Waals surface area (Å²) in [5, 5.41) is 3.36. The molecule has 3 amide bonds. The van der Waals surface area contributed by atoms with E-state index in [1.165, 1.54) is 4.90 Å². The molecule has 2 aromatic carbocycles. The molecular formula is C24H27N3O4. The minimum absolute atomic E-state index is 0.123. The average Bonchev–Trinajstić information content (AvgIpc) is 3.24. The molecule has 7 nitrogen and oxygen atoms in total. The molecule has 2 saturated heterocycles. The van der Waals surface area contributed by atoms with E-state index in [1.807, 2.05) is 23.1 Å². The molecule has 0 spiro atoms. The van der Waals surface area contributed by atoms with Crippen LogP contribution in [0, 0.1) is 13.8 Å². The standard InChI is InChI=1S/C24H27N3O4/c1-15-5-6-16(2)18(10-15)13-26-19-4-3-9-25-22(19)23(28)27(24(26)29)12-17-7-8-20-21(11-17)31-14-30-20/h5-8,10-11,19,22,25H,3-4,9,12-14H2,1-2H3. The van der Waals surface area contributed by atoms with Crippen molar-refractivity contribution in [1.29, 1.82) is 0 Å². The van der Waals surface area contributed by atoms with Crippen LogP contribution in [0.4, 0.5) is 4.79 Å². The van der Waals surface area contributed by atoms with Crippen molar-refractivity contribution in [1.82, 2.24) is 15.1 Å². The van der Waals surface area contributed by atoms with Crippen molar-refractivity contribution in [3.63, 3.8) is 0 Å². The quantitative estimate of drug-likeness (QED) is 0.821. The Kier molecular flexibility index (Phi) is 5.06. The van der Waals surface area contributed by atoms with Crippen LogP contribution in [0.2, 0.25) is 0 Å². The van der Waals surface area contributed by atoms with Gasteiger partial charge in [0.15, 0.2) is 11.5 Å². The van der Waals surface area contributed by atoms with Crippen LogP contribution < -0.4 is 14.8 Å². The number of imide groups is 1. The van der Waals surface area contributed by atoms with E-state index in [2.05, 4.69) is 37.4 Å². The summed E-state index contributed by atoms with van der Waals surface area (Å²) in [6.45, 7) is 5.81. The molecule has 0 radical (unpaired) electrons. The Morgan fingerprint density at radius 2 is 1.87 bits per heavy atom. The number of ether oxygens (including phenoxy) is 2. The molecule has 3 heterocycles. The summed E-state index contributed by atoms with van der Waals surface area (Å²) in [5.74, 6) is 1.19. The maximum absolute atomic E-state index is 13.6. The monoisotopic (exact) mass is 421 g/mol. The zero-order chi connectivity index (χ0) is 21.5. The van der Waals surface area contributed by atoms with E-state index >= 15 is 0 Å². The molecule has 0 aliphatic carbocycles. The number of hydrogen-bond acceptors (Lipinski definition) is 5. The van der Waals surface area contributed by atoms with E-state index < -0.39 is 0 Å². The van der Waals surface area contributed by atoms with Crippen molar-refractivity contribution in [2.45, 2.75) is 51.9 Å². The van der Waals surface area contributed by atoms with Crippen LogP contribution in [-0.2, 0) is 17.9 Å². The van der Waals surface area contributed by atoms with Crippen molar-refractivity contribution < 1.29 is 19.1 Å². The SMILES string of the molecule is Cc1ccc(C)c(CN2C(=O)N(Cc3ccc4c(c3)OCO4)C(=O)C3NCCCC32)c1.